The van der Waals surface area contributed by atoms with Crippen molar-refractivity contribution < 1.29 is 13.2 Å². The van der Waals surface area contributed by atoms with Gasteiger partial charge in [-0.15, -0.1) is 0 Å². The van der Waals surface area contributed by atoms with Crippen LogP contribution in [0.25, 0.3) is 11.0 Å². The van der Waals surface area contributed by atoms with Crippen LogP contribution in [0.5, 0.6) is 0 Å². The van der Waals surface area contributed by atoms with Crippen molar-refractivity contribution in [2.24, 2.45) is 7.05 Å². The Morgan fingerprint density at radius 1 is 0.929 bits per heavy atom. The van der Waals surface area contributed by atoms with Crippen LogP contribution in [-0.4, -0.2) is 54.2 Å². The van der Waals surface area contributed by atoms with Crippen molar-refractivity contribution in [3.05, 3.63) is 89.6 Å². The molecule has 1 N–H and O–H groups in total. The van der Waals surface area contributed by atoms with Crippen LogP contribution in [0, 0.1) is 13.8 Å². The molecule has 0 spiro atoms. The number of fused-ring (bicyclic) bond motifs is 1. The number of carbonyl (C=O) groups is 1. The normalized spacial score (nSPS) is 11.5. The summed E-state index contributed by atoms with van der Waals surface area (Å²) in [5.41, 5.74) is 6.33. The van der Waals surface area contributed by atoms with E-state index >= 15 is 0 Å². The molecule has 216 valence electrons. The van der Waals surface area contributed by atoms with Gasteiger partial charge in [-0.3, -0.25) is 10.1 Å². The van der Waals surface area contributed by atoms with Crippen LogP contribution in [0.4, 0.5) is 29.1 Å². The number of hydrogen-bond donors (Lipinski definition) is 1. The van der Waals surface area contributed by atoms with Crippen LogP contribution in [-0.2, 0) is 28.1 Å². The van der Waals surface area contributed by atoms with E-state index in [1.165, 1.54) is 6.26 Å². The molecule has 0 unspecified atom stereocenters. The third-order valence-corrected chi connectivity index (χ3v) is 8.20. The molecule has 42 heavy (non-hydrogen) atoms. The van der Waals surface area contributed by atoms with Gasteiger partial charge in [0.1, 0.15) is 11.3 Å². The van der Waals surface area contributed by atoms with Gasteiger partial charge < -0.3 is 14.4 Å². The van der Waals surface area contributed by atoms with Crippen molar-refractivity contribution in [3.8, 4) is 0 Å². The summed E-state index contributed by atoms with van der Waals surface area (Å²) in [4.78, 5) is 30.9. The number of aryl methyl sites for hydroxylation is 3. The van der Waals surface area contributed by atoms with Gasteiger partial charge in [-0.1, -0.05) is 35.4 Å². The third kappa shape index (κ3) is 5.96. The van der Waals surface area contributed by atoms with E-state index in [2.05, 4.69) is 16.4 Å². The number of sulfone groups is 1. The van der Waals surface area contributed by atoms with E-state index in [0.717, 1.165) is 33.6 Å². The van der Waals surface area contributed by atoms with E-state index in [1.807, 2.05) is 74.8 Å². The summed E-state index contributed by atoms with van der Waals surface area (Å²) < 4.78 is 25.5. The van der Waals surface area contributed by atoms with Gasteiger partial charge in [0.05, 0.1) is 22.5 Å². The standard InChI is InChI=1S/C31H33N7O3S/c1-20-16-21(2)18-22(17-20)19-28(39)34-31-35-29-25(8-7-9-26(29)38(31)5)37(4)27-14-15-32-30(33-27)36(3)23-10-12-24(13-11-23)42(6,40)41/h7-18H,19H2,1-6H3,(H,34,35,39). The lowest BCUT2D eigenvalue weighted by atomic mass is 10.0. The Kier molecular flexibility index (Phi) is 7.70. The number of hydrogen-bond acceptors (Lipinski definition) is 8. The quantitative estimate of drug-likeness (QED) is 0.268. The first kappa shape index (κ1) is 28.7. The Labute approximate surface area is 245 Å². The molecule has 0 aliphatic rings. The molecule has 0 fully saturated rings. The number of benzene rings is 3. The van der Waals surface area contributed by atoms with Gasteiger partial charge in [-0.25, -0.2) is 18.4 Å². The van der Waals surface area contributed by atoms with Crippen molar-refractivity contribution in [3.63, 3.8) is 0 Å². The Bertz CT molecular complexity index is 1880. The van der Waals surface area contributed by atoms with Gasteiger partial charge in [-0.05, 0) is 61.9 Å². The SMILES string of the molecule is Cc1cc(C)cc(CC(=O)Nc2nc3c(N(C)c4ccnc(N(C)c5ccc(S(C)(=O)=O)cc5)n4)cccc3n2C)c1. The maximum atomic E-state index is 12.9. The molecule has 0 saturated heterocycles. The minimum atomic E-state index is -3.29. The summed E-state index contributed by atoms with van der Waals surface area (Å²) in [7, 11) is 2.30. The average molecular weight is 584 g/mol. The molecule has 0 bridgehead atoms. The van der Waals surface area contributed by atoms with Crippen LogP contribution in [0.2, 0.25) is 0 Å². The fraction of sp³-hybridized carbons (Fsp3) is 0.226. The first-order valence-corrected chi connectivity index (χ1v) is 15.2. The highest BCUT2D eigenvalue weighted by atomic mass is 32.2. The van der Waals surface area contributed by atoms with Gasteiger partial charge >= 0.3 is 0 Å². The zero-order chi connectivity index (χ0) is 30.2. The Morgan fingerprint density at radius 3 is 2.29 bits per heavy atom. The molecule has 0 saturated carbocycles. The number of aromatic nitrogens is 4. The lowest BCUT2D eigenvalue weighted by Crippen LogP contribution is -2.17. The molecule has 2 aromatic heterocycles. The van der Waals surface area contributed by atoms with Crippen LogP contribution in [0.1, 0.15) is 16.7 Å². The minimum Gasteiger partial charge on any atom is -0.327 e. The molecule has 3 aromatic carbocycles. The summed E-state index contributed by atoms with van der Waals surface area (Å²) in [5.74, 6) is 1.40. The first-order chi connectivity index (χ1) is 19.9. The zero-order valence-corrected chi connectivity index (χ0v) is 25.3. The summed E-state index contributed by atoms with van der Waals surface area (Å²) in [6, 6.07) is 20.4. The lowest BCUT2D eigenvalue weighted by Gasteiger charge is -2.22. The lowest BCUT2D eigenvalue weighted by molar-refractivity contribution is -0.115. The molecule has 0 aliphatic carbocycles. The Morgan fingerprint density at radius 2 is 1.62 bits per heavy atom. The van der Waals surface area contributed by atoms with Gasteiger partial charge in [0, 0.05) is 39.3 Å². The van der Waals surface area contributed by atoms with Crippen molar-refractivity contribution in [1.29, 1.82) is 0 Å². The predicted molar refractivity (Wildman–Crippen MR) is 167 cm³/mol. The average Bonchev–Trinajstić information content (AvgIpc) is 3.26. The summed E-state index contributed by atoms with van der Waals surface area (Å²) in [6.07, 6.45) is 3.11. The maximum Gasteiger partial charge on any atom is 0.231 e. The van der Waals surface area contributed by atoms with E-state index in [4.69, 9.17) is 9.97 Å². The monoisotopic (exact) mass is 583 g/mol. The number of nitrogens with zero attached hydrogens (tertiary/aromatic N) is 6. The molecule has 0 atom stereocenters. The highest BCUT2D eigenvalue weighted by molar-refractivity contribution is 7.90. The molecule has 5 rings (SSSR count). The number of carbonyl (C=O) groups excluding carboxylic acids is 1. The molecular formula is C31H33N7O3S. The van der Waals surface area contributed by atoms with Crippen molar-refractivity contribution in [1.82, 2.24) is 19.5 Å². The molecule has 5 aromatic rings. The van der Waals surface area contributed by atoms with E-state index in [-0.39, 0.29) is 17.2 Å². The number of anilines is 5. The maximum absolute atomic E-state index is 12.9. The number of nitrogens with one attached hydrogen (secondary N) is 1. The molecule has 1 amide bonds. The second kappa shape index (κ2) is 11.2. The summed E-state index contributed by atoms with van der Waals surface area (Å²) >= 11 is 0. The second-order valence-electron chi connectivity index (χ2n) is 10.5. The number of rotatable bonds is 8. The Balaban J connectivity index is 1.40. The molecule has 10 nitrogen and oxygen atoms in total. The van der Waals surface area contributed by atoms with E-state index in [0.29, 0.717) is 23.2 Å². The third-order valence-electron chi connectivity index (χ3n) is 7.07. The van der Waals surface area contributed by atoms with E-state index in [9.17, 15) is 13.2 Å². The first-order valence-electron chi connectivity index (χ1n) is 13.3. The molecule has 0 radical (unpaired) electrons. The molecule has 11 heteroatoms. The largest absolute Gasteiger partial charge is 0.327 e. The van der Waals surface area contributed by atoms with Crippen LogP contribution >= 0.6 is 0 Å². The van der Waals surface area contributed by atoms with Crippen LogP contribution in [0.3, 0.4) is 0 Å². The van der Waals surface area contributed by atoms with Gasteiger partial charge in [0.25, 0.3) is 0 Å². The summed E-state index contributed by atoms with van der Waals surface area (Å²) in [5, 5.41) is 2.97. The predicted octanol–water partition coefficient (Wildman–Crippen LogP) is 5.10. The van der Waals surface area contributed by atoms with Crippen LogP contribution < -0.4 is 15.1 Å². The van der Waals surface area contributed by atoms with Crippen molar-refractivity contribution in [2.45, 2.75) is 25.2 Å². The number of para-hydroxylation sites is 1. The molecule has 2 heterocycles. The molecular weight excluding hydrogens is 550 g/mol. The highest BCUT2D eigenvalue weighted by Gasteiger charge is 2.18. The Hall–Kier alpha value is -4.77. The van der Waals surface area contributed by atoms with Gasteiger partial charge in [-0.2, -0.15) is 4.98 Å². The topological polar surface area (TPSA) is 113 Å². The highest BCUT2D eigenvalue weighted by Crippen LogP contribution is 2.32. The minimum absolute atomic E-state index is 0.138. The zero-order valence-electron chi connectivity index (χ0n) is 24.5. The van der Waals surface area contributed by atoms with Gasteiger partial charge in [0.15, 0.2) is 9.84 Å². The van der Waals surface area contributed by atoms with Crippen LogP contribution in [0.15, 0.2) is 77.8 Å². The van der Waals surface area contributed by atoms with Crippen molar-refractivity contribution in [2.75, 3.05) is 35.5 Å². The smallest absolute Gasteiger partial charge is 0.231 e. The summed E-state index contributed by atoms with van der Waals surface area (Å²) in [6.45, 7) is 4.05. The van der Waals surface area contributed by atoms with Gasteiger partial charge in [0.2, 0.25) is 17.8 Å². The van der Waals surface area contributed by atoms with E-state index < -0.39 is 9.84 Å². The second-order valence-corrected chi connectivity index (χ2v) is 12.5. The van der Waals surface area contributed by atoms with E-state index in [1.54, 1.807) is 41.4 Å². The fourth-order valence-corrected chi connectivity index (χ4v) is 5.58. The fourth-order valence-electron chi connectivity index (χ4n) is 4.95. The number of amides is 1. The molecule has 0 aliphatic heterocycles. The van der Waals surface area contributed by atoms with Crippen molar-refractivity contribution >= 4 is 55.9 Å². The number of imidazole rings is 1.